The number of aliphatic hydroxyl groups is 1. The quantitative estimate of drug-likeness (QED) is 0.434. The van der Waals surface area contributed by atoms with Gasteiger partial charge in [0, 0.05) is 29.8 Å². The van der Waals surface area contributed by atoms with Gasteiger partial charge in [0.25, 0.3) is 0 Å². The van der Waals surface area contributed by atoms with Crippen molar-refractivity contribution in [3.63, 3.8) is 0 Å². The SMILES string of the molecule is O=C(C[C@H]1C[C@@H]2c3cc(NC(=O)NC4CCCCC4)ccc3O[C@@H]2[C@@H](CO)O1)NCCc1ccccc1. The molecule has 2 heterocycles. The fraction of sp³-hybridized carbons (Fsp3) is 0.517. The number of hydrogen-bond donors (Lipinski definition) is 4. The lowest BCUT2D eigenvalue weighted by atomic mass is 9.84. The number of urea groups is 1. The van der Waals surface area contributed by atoms with E-state index in [0.717, 1.165) is 43.4 Å². The van der Waals surface area contributed by atoms with E-state index in [4.69, 9.17) is 9.47 Å². The van der Waals surface area contributed by atoms with E-state index < -0.39 is 6.10 Å². The Balaban J connectivity index is 1.18. The van der Waals surface area contributed by atoms with E-state index in [1.165, 1.54) is 12.0 Å². The molecule has 1 saturated heterocycles. The molecule has 0 aromatic heterocycles. The molecule has 2 aromatic rings. The van der Waals surface area contributed by atoms with E-state index in [1.807, 2.05) is 48.5 Å². The first-order valence-corrected chi connectivity index (χ1v) is 13.5. The topological polar surface area (TPSA) is 109 Å². The number of anilines is 1. The van der Waals surface area contributed by atoms with Crippen molar-refractivity contribution in [1.29, 1.82) is 0 Å². The highest BCUT2D eigenvalue weighted by atomic mass is 16.6. The third kappa shape index (κ3) is 6.43. The molecule has 1 saturated carbocycles. The molecule has 0 spiro atoms. The number of amides is 3. The minimum Gasteiger partial charge on any atom is -0.487 e. The highest BCUT2D eigenvalue weighted by molar-refractivity contribution is 5.89. The van der Waals surface area contributed by atoms with Gasteiger partial charge in [-0.1, -0.05) is 49.6 Å². The van der Waals surface area contributed by atoms with Gasteiger partial charge in [-0.3, -0.25) is 4.79 Å². The lowest BCUT2D eigenvalue weighted by Gasteiger charge is -2.37. The van der Waals surface area contributed by atoms with Gasteiger partial charge >= 0.3 is 6.03 Å². The van der Waals surface area contributed by atoms with Crippen LogP contribution in [0.2, 0.25) is 0 Å². The fourth-order valence-electron chi connectivity index (χ4n) is 5.84. The maximum absolute atomic E-state index is 12.6. The number of nitrogens with one attached hydrogen (secondary N) is 3. The summed E-state index contributed by atoms with van der Waals surface area (Å²) < 4.78 is 12.2. The highest BCUT2D eigenvalue weighted by Gasteiger charge is 2.46. The Morgan fingerprint density at radius 2 is 1.84 bits per heavy atom. The Kier molecular flexibility index (Phi) is 8.26. The van der Waals surface area contributed by atoms with Crippen LogP contribution in [-0.4, -0.2) is 54.6 Å². The molecule has 2 aromatic carbocycles. The number of rotatable bonds is 8. The molecular formula is C29H37N3O5. The molecule has 1 aliphatic carbocycles. The summed E-state index contributed by atoms with van der Waals surface area (Å²) >= 11 is 0. The first kappa shape index (κ1) is 25.5. The van der Waals surface area contributed by atoms with Crippen LogP contribution in [0.5, 0.6) is 5.75 Å². The molecule has 8 heteroatoms. The molecule has 4 N–H and O–H groups in total. The molecule has 198 valence electrons. The van der Waals surface area contributed by atoms with Crippen molar-refractivity contribution in [1.82, 2.24) is 10.6 Å². The van der Waals surface area contributed by atoms with Crippen molar-refractivity contribution in [2.75, 3.05) is 18.5 Å². The van der Waals surface area contributed by atoms with Crippen molar-refractivity contribution in [3.05, 3.63) is 59.7 Å². The fourth-order valence-corrected chi connectivity index (χ4v) is 5.84. The van der Waals surface area contributed by atoms with Crippen LogP contribution in [0.25, 0.3) is 0 Å². The number of carbonyl (C=O) groups is 2. The molecule has 37 heavy (non-hydrogen) atoms. The van der Waals surface area contributed by atoms with E-state index in [-0.39, 0.29) is 49.1 Å². The van der Waals surface area contributed by atoms with Gasteiger partial charge in [-0.2, -0.15) is 0 Å². The van der Waals surface area contributed by atoms with Crippen LogP contribution in [0.4, 0.5) is 10.5 Å². The zero-order valence-electron chi connectivity index (χ0n) is 21.2. The minimum absolute atomic E-state index is 0.0221. The van der Waals surface area contributed by atoms with Gasteiger partial charge in [-0.25, -0.2) is 4.79 Å². The van der Waals surface area contributed by atoms with Crippen LogP contribution in [0.3, 0.4) is 0 Å². The number of benzene rings is 2. The summed E-state index contributed by atoms with van der Waals surface area (Å²) in [5.74, 6) is 0.652. The molecule has 3 amide bonds. The average molecular weight is 508 g/mol. The van der Waals surface area contributed by atoms with E-state index >= 15 is 0 Å². The Morgan fingerprint density at radius 1 is 1.03 bits per heavy atom. The standard InChI is InChI=1S/C29H37N3O5/c33-18-26-28-24(16-22(36-26)17-27(34)30-14-13-19-7-3-1-4-8-19)23-15-21(11-12-25(23)37-28)32-29(35)31-20-9-5-2-6-10-20/h1,3-4,7-8,11-12,15,20,22,24,26,28,33H,2,5-6,9-10,13-14,16-18H2,(H,30,34)(H2,31,32,35)/t22-,24-,26-,28+/m1/s1. The normalized spacial score (nSPS) is 24.9. The van der Waals surface area contributed by atoms with Crippen molar-refractivity contribution in [3.8, 4) is 5.75 Å². The van der Waals surface area contributed by atoms with Gasteiger partial charge in [-0.15, -0.1) is 0 Å². The highest BCUT2D eigenvalue weighted by Crippen LogP contribution is 2.47. The summed E-state index contributed by atoms with van der Waals surface area (Å²) in [6.45, 7) is 0.380. The summed E-state index contributed by atoms with van der Waals surface area (Å²) in [6.07, 6.45) is 6.06. The maximum Gasteiger partial charge on any atom is 0.319 e. The van der Waals surface area contributed by atoms with Crippen molar-refractivity contribution >= 4 is 17.6 Å². The number of fused-ring (bicyclic) bond motifs is 3. The number of carbonyl (C=O) groups excluding carboxylic acids is 2. The van der Waals surface area contributed by atoms with Gasteiger partial charge in [-0.05, 0) is 49.4 Å². The van der Waals surface area contributed by atoms with E-state index in [9.17, 15) is 14.7 Å². The molecule has 5 rings (SSSR count). The van der Waals surface area contributed by atoms with Crippen LogP contribution in [0, 0.1) is 0 Å². The van der Waals surface area contributed by atoms with Gasteiger partial charge in [0.15, 0.2) is 0 Å². The van der Waals surface area contributed by atoms with E-state index in [2.05, 4.69) is 16.0 Å². The Hall–Kier alpha value is -3.10. The number of ether oxygens (including phenoxy) is 2. The van der Waals surface area contributed by atoms with Gasteiger partial charge < -0.3 is 30.5 Å². The number of hydrogen-bond acceptors (Lipinski definition) is 5. The first-order valence-electron chi connectivity index (χ1n) is 13.5. The third-order valence-corrected chi connectivity index (χ3v) is 7.69. The molecule has 2 fully saturated rings. The Bertz CT molecular complexity index is 1070. The minimum atomic E-state index is -0.515. The predicted octanol–water partition coefficient (Wildman–Crippen LogP) is 3.88. The molecule has 0 radical (unpaired) electrons. The van der Waals surface area contributed by atoms with Crippen LogP contribution < -0.4 is 20.7 Å². The summed E-state index contributed by atoms with van der Waals surface area (Å²) in [7, 11) is 0. The molecule has 8 nitrogen and oxygen atoms in total. The molecule has 0 bridgehead atoms. The predicted molar refractivity (Wildman–Crippen MR) is 141 cm³/mol. The van der Waals surface area contributed by atoms with Crippen LogP contribution >= 0.6 is 0 Å². The monoisotopic (exact) mass is 507 g/mol. The molecule has 3 aliphatic rings. The zero-order valence-corrected chi connectivity index (χ0v) is 21.2. The third-order valence-electron chi connectivity index (χ3n) is 7.69. The van der Waals surface area contributed by atoms with Crippen molar-refractivity contribution in [2.45, 2.75) is 81.6 Å². The van der Waals surface area contributed by atoms with Gasteiger partial charge in [0.2, 0.25) is 5.91 Å². The molecule has 4 atom stereocenters. The second-order valence-electron chi connectivity index (χ2n) is 10.4. The maximum atomic E-state index is 12.6. The average Bonchev–Trinajstić information content (AvgIpc) is 3.27. The summed E-state index contributed by atoms with van der Waals surface area (Å²) in [4.78, 5) is 25.2. The van der Waals surface area contributed by atoms with Crippen molar-refractivity contribution in [2.24, 2.45) is 0 Å². The van der Waals surface area contributed by atoms with Crippen LogP contribution in [-0.2, 0) is 16.0 Å². The summed E-state index contributed by atoms with van der Waals surface area (Å²) in [5.41, 5.74) is 2.87. The Morgan fingerprint density at radius 3 is 2.62 bits per heavy atom. The molecule has 0 unspecified atom stereocenters. The van der Waals surface area contributed by atoms with Crippen LogP contribution in [0.15, 0.2) is 48.5 Å². The zero-order chi connectivity index (χ0) is 25.6. The number of aliphatic hydroxyl groups excluding tert-OH is 1. The van der Waals surface area contributed by atoms with Gasteiger partial charge in [0.05, 0.1) is 19.1 Å². The first-order chi connectivity index (χ1) is 18.1. The summed E-state index contributed by atoms with van der Waals surface area (Å²) in [6, 6.07) is 15.7. The second kappa shape index (κ2) is 12.0. The molecular weight excluding hydrogens is 470 g/mol. The lowest BCUT2D eigenvalue weighted by molar-refractivity contribution is -0.142. The second-order valence-corrected chi connectivity index (χ2v) is 10.4. The Labute approximate surface area is 218 Å². The largest absolute Gasteiger partial charge is 0.487 e. The lowest BCUT2D eigenvalue weighted by Crippen LogP contribution is -2.47. The van der Waals surface area contributed by atoms with E-state index in [0.29, 0.717) is 18.7 Å². The summed E-state index contributed by atoms with van der Waals surface area (Å²) in [5, 5.41) is 19.0. The smallest absolute Gasteiger partial charge is 0.319 e. The van der Waals surface area contributed by atoms with E-state index in [1.54, 1.807) is 0 Å². The van der Waals surface area contributed by atoms with Crippen LogP contribution in [0.1, 0.15) is 62.0 Å². The molecule has 2 aliphatic heterocycles. The van der Waals surface area contributed by atoms with Gasteiger partial charge in [0.1, 0.15) is 18.0 Å². The van der Waals surface area contributed by atoms with Crippen molar-refractivity contribution < 1.29 is 24.2 Å².